The van der Waals surface area contributed by atoms with E-state index >= 15 is 0 Å². The molecule has 4 nitrogen and oxygen atoms in total. The standard InChI is InChI=1S/C16H15Cl2N3O/c17-10-8-12(18)15-14(9-10)21-16(22-15)11-4-1-2-5-13(11)20-7-3-6-19/h1-2,4-5,8-9,20H,3,6-7,19H2. The van der Waals surface area contributed by atoms with Crippen LogP contribution >= 0.6 is 23.2 Å². The summed E-state index contributed by atoms with van der Waals surface area (Å²) in [5.41, 5.74) is 8.53. The largest absolute Gasteiger partial charge is 0.434 e. The Kier molecular flexibility index (Phi) is 4.52. The zero-order chi connectivity index (χ0) is 15.5. The van der Waals surface area contributed by atoms with Gasteiger partial charge in [0, 0.05) is 17.3 Å². The van der Waals surface area contributed by atoms with Crippen LogP contribution in [0.2, 0.25) is 10.0 Å². The molecule has 3 N–H and O–H groups in total. The lowest BCUT2D eigenvalue weighted by Gasteiger charge is -2.08. The van der Waals surface area contributed by atoms with E-state index in [2.05, 4.69) is 10.3 Å². The van der Waals surface area contributed by atoms with Gasteiger partial charge in [-0.3, -0.25) is 0 Å². The van der Waals surface area contributed by atoms with Gasteiger partial charge in [0.15, 0.2) is 5.58 Å². The highest BCUT2D eigenvalue weighted by molar-refractivity contribution is 6.38. The molecule has 0 fully saturated rings. The molecule has 1 aromatic heterocycles. The second-order valence-electron chi connectivity index (χ2n) is 4.87. The van der Waals surface area contributed by atoms with E-state index in [1.165, 1.54) is 0 Å². The Labute approximate surface area is 138 Å². The van der Waals surface area contributed by atoms with Crippen LogP contribution in [0.15, 0.2) is 40.8 Å². The Morgan fingerprint density at radius 1 is 1.18 bits per heavy atom. The quantitative estimate of drug-likeness (QED) is 0.670. The average Bonchev–Trinajstić information content (AvgIpc) is 2.92. The van der Waals surface area contributed by atoms with Gasteiger partial charge in [-0.15, -0.1) is 0 Å². The summed E-state index contributed by atoms with van der Waals surface area (Å²) in [4.78, 5) is 4.49. The van der Waals surface area contributed by atoms with Crippen molar-refractivity contribution in [2.45, 2.75) is 6.42 Å². The van der Waals surface area contributed by atoms with Crippen LogP contribution in [-0.2, 0) is 0 Å². The Bertz CT molecular complexity index is 801. The number of anilines is 1. The molecule has 0 spiro atoms. The number of benzene rings is 2. The van der Waals surface area contributed by atoms with Crippen molar-refractivity contribution in [3.63, 3.8) is 0 Å². The van der Waals surface area contributed by atoms with E-state index < -0.39 is 0 Å². The molecule has 0 unspecified atom stereocenters. The maximum absolute atomic E-state index is 6.16. The third-order valence-corrected chi connectivity index (χ3v) is 3.76. The van der Waals surface area contributed by atoms with Crippen molar-refractivity contribution in [2.75, 3.05) is 18.4 Å². The number of hydrogen-bond donors (Lipinski definition) is 2. The number of halogens is 2. The molecule has 0 aliphatic carbocycles. The van der Waals surface area contributed by atoms with Crippen molar-refractivity contribution in [3.8, 4) is 11.5 Å². The summed E-state index contributed by atoms with van der Waals surface area (Å²) >= 11 is 12.2. The minimum absolute atomic E-state index is 0.454. The van der Waals surface area contributed by atoms with Gasteiger partial charge in [0.2, 0.25) is 5.89 Å². The summed E-state index contributed by atoms with van der Waals surface area (Å²) in [6, 6.07) is 11.2. The third-order valence-electron chi connectivity index (χ3n) is 3.26. The molecule has 0 aliphatic rings. The van der Waals surface area contributed by atoms with Gasteiger partial charge < -0.3 is 15.5 Å². The fourth-order valence-electron chi connectivity index (χ4n) is 2.22. The van der Waals surface area contributed by atoms with Gasteiger partial charge in [0.05, 0.1) is 10.6 Å². The van der Waals surface area contributed by atoms with E-state index in [4.69, 9.17) is 33.4 Å². The summed E-state index contributed by atoms with van der Waals surface area (Å²) < 4.78 is 5.82. The second-order valence-corrected chi connectivity index (χ2v) is 5.71. The third kappa shape index (κ3) is 3.04. The second kappa shape index (κ2) is 6.57. The first-order valence-corrected chi connectivity index (χ1v) is 7.73. The highest BCUT2D eigenvalue weighted by Gasteiger charge is 2.14. The van der Waals surface area contributed by atoms with Crippen molar-refractivity contribution < 1.29 is 4.42 Å². The Morgan fingerprint density at radius 2 is 2.00 bits per heavy atom. The van der Waals surface area contributed by atoms with Crippen LogP contribution in [0.5, 0.6) is 0 Å². The molecule has 0 bridgehead atoms. The highest BCUT2D eigenvalue weighted by atomic mass is 35.5. The number of nitrogens with two attached hydrogens (primary N) is 1. The normalized spacial score (nSPS) is 11.0. The summed E-state index contributed by atoms with van der Waals surface area (Å²) in [7, 11) is 0. The van der Waals surface area contributed by atoms with Crippen molar-refractivity contribution in [3.05, 3.63) is 46.4 Å². The monoisotopic (exact) mass is 335 g/mol. The number of fused-ring (bicyclic) bond motifs is 1. The van der Waals surface area contributed by atoms with E-state index in [-0.39, 0.29) is 0 Å². The molecular formula is C16H15Cl2N3O. The summed E-state index contributed by atoms with van der Waals surface area (Å²) in [5, 5.41) is 4.33. The summed E-state index contributed by atoms with van der Waals surface area (Å²) in [6.07, 6.45) is 0.892. The molecular weight excluding hydrogens is 321 g/mol. The van der Waals surface area contributed by atoms with Gasteiger partial charge >= 0.3 is 0 Å². The van der Waals surface area contributed by atoms with Gasteiger partial charge in [-0.1, -0.05) is 35.3 Å². The first kappa shape index (κ1) is 15.2. The molecule has 3 aromatic rings. The number of rotatable bonds is 5. The van der Waals surface area contributed by atoms with Crippen molar-refractivity contribution >= 4 is 40.0 Å². The van der Waals surface area contributed by atoms with Crippen molar-refractivity contribution in [2.24, 2.45) is 5.73 Å². The first-order valence-electron chi connectivity index (χ1n) is 6.98. The van der Waals surface area contributed by atoms with Gasteiger partial charge in [-0.2, -0.15) is 0 Å². The lowest BCUT2D eigenvalue weighted by Crippen LogP contribution is -2.08. The number of hydrogen-bond acceptors (Lipinski definition) is 4. The molecule has 3 rings (SSSR count). The van der Waals surface area contributed by atoms with Crippen LogP contribution in [0.25, 0.3) is 22.6 Å². The Balaban J connectivity index is 2.02. The van der Waals surface area contributed by atoms with E-state index in [1.54, 1.807) is 12.1 Å². The molecule has 0 saturated heterocycles. The molecule has 6 heteroatoms. The maximum atomic E-state index is 6.16. The van der Waals surface area contributed by atoms with Gasteiger partial charge in [-0.05, 0) is 37.2 Å². The van der Waals surface area contributed by atoms with E-state index in [0.717, 1.165) is 24.2 Å². The fraction of sp³-hybridized carbons (Fsp3) is 0.188. The minimum Gasteiger partial charge on any atom is -0.434 e. The fourth-order valence-corrected chi connectivity index (χ4v) is 2.75. The molecule has 0 saturated carbocycles. The number of nitrogens with zero attached hydrogens (tertiary/aromatic N) is 1. The van der Waals surface area contributed by atoms with Gasteiger partial charge in [0.1, 0.15) is 5.52 Å². The molecule has 22 heavy (non-hydrogen) atoms. The molecule has 0 amide bonds. The maximum Gasteiger partial charge on any atom is 0.229 e. The zero-order valence-corrected chi connectivity index (χ0v) is 13.3. The zero-order valence-electron chi connectivity index (χ0n) is 11.8. The van der Waals surface area contributed by atoms with Crippen LogP contribution in [0.3, 0.4) is 0 Å². The first-order chi connectivity index (χ1) is 10.7. The van der Waals surface area contributed by atoms with Crippen LogP contribution in [0, 0.1) is 0 Å². The van der Waals surface area contributed by atoms with Crippen LogP contribution in [-0.4, -0.2) is 18.1 Å². The van der Waals surface area contributed by atoms with Crippen molar-refractivity contribution in [1.82, 2.24) is 4.98 Å². The smallest absolute Gasteiger partial charge is 0.229 e. The molecule has 2 aromatic carbocycles. The number of aromatic nitrogens is 1. The average molecular weight is 336 g/mol. The highest BCUT2D eigenvalue weighted by Crippen LogP contribution is 2.34. The van der Waals surface area contributed by atoms with Crippen LogP contribution < -0.4 is 11.1 Å². The number of nitrogens with one attached hydrogen (secondary N) is 1. The Morgan fingerprint density at radius 3 is 2.82 bits per heavy atom. The molecule has 0 aliphatic heterocycles. The number of para-hydroxylation sites is 1. The molecule has 1 heterocycles. The lowest BCUT2D eigenvalue weighted by molar-refractivity contribution is 0.620. The van der Waals surface area contributed by atoms with Gasteiger partial charge in [-0.25, -0.2) is 4.98 Å². The Hall–Kier alpha value is -1.75. The summed E-state index contributed by atoms with van der Waals surface area (Å²) in [6.45, 7) is 1.44. The predicted molar refractivity (Wildman–Crippen MR) is 91.6 cm³/mol. The van der Waals surface area contributed by atoms with E-state index in [1.807, 2.05) is 24.3 Å². The SMILES string of the molecule is NCCCNc1ccccc1-c1nc2cc(Cl)cc(Cl)c2o1. The van der Waals surface area contributed by atoms with Crippen LogP contribution in [0.1, 0.15) is 6.42 Å². The number of oxazole rings is 1. The van der Waals surface area contributed by atoms with E-state index in [0.29, 0.717) is 33.6 Å². The lowest BCUT2D eigenvalue weighted by atomic mass is 10.1. The molecule has 0 atom stereocenters. The predicted octanol–water partition coefficient (Wildman–Crippen LogP) is 4.56. The van der Waals surface area contributed by atoms with E-state index in [9.17, 15) is 0 Å². The molecule has 0 radical (unpaired) electrons. The molecule has 114 valence electrons. The van der Waals surface area contributed by atoms with Crippen LogP contribution in [0.4, 0.5) is 5.69 Å². The summed E-state index contributed by atoms with van der Waals surface area (Å²) in [5.74, 6) is 0.509. The minimum atomic E-state index is 0.454. The van der Waals surface area contributed by atoms with Gasteiger partial charge in [0.25, 0.3) is 0 Å². The van der Waals surface area contributed by atoms with Crippen molar-refractivity contribution in [1.29, 1.82) is 0 Å². The topological polar surface area (TPSA) is 64.1 Å².